The van der Waals surface area contributed by atoms with Gasteiger partial charge in [-0.25, -0.2) is 4.68 Å². The molecular weight excluding hydrogens is 316 g/mol. The molecule has 8 heteroatoms. The molecule has 0 bridgehead atoms. The lowest BCUT2D eigenvalue weighted by atomic mass is 10.2. The molecule has 0 N–H and O–H groups in total. The first-order chi connectivity index (χ1) is 9.38. The largest absolute Gasteiger partial charge is 0.497 e. The topological polar surface area (TPSA) is 27.1 Å². The summed E-state index contributed by atoms with van der Waals surface area (Å²) >= 11 is 11.5. The van der Waals surface area contributed by atoms with Gasteiger partial charge in [-0.15, -0.1) is 11.6 Å². The number of methoxy groups -OCH3 is 1. The number of rotatable bonds is 3. The molecule has 3 nitrogen and oxygen atoms in total. The molecular formula is C12H9Cl2F3N2O. The maximum Gasteiger partial charge on any atom is 0.435 e. The minimum Gasteiger partial charge on any atom is -0.497 e. The summed E-state index contributed by atoms with van der Waals surface area (Å²) in [5, 5.41) is 3.35. The van der Waals surface area contributed by atoms with Gasteiger partial charge in [0.25, 0.3) is 0 Å². The molecule has 0 unspecified atom stereocenters. The molecule has 0 radical (unpaired) electrons. The van der Waals surface area contributed by atoms with Crippen molar-refractivity contribution in [2.75, 3.05) is 7.11 Å². The minimum absolute atomic E-state index is 0.166. The maximum atomic E-state index is 12.9. The van der Waals surface area contributed by atoms with E-state index in [0.717, 1.165) is 4.68 Å². The second-order valence-corrected chi connectivity index (χ2v) is 4.49. The van der Waals surface area contributed by atoms with Crippen LogP contribution in [0.25, 0.3) is 5.69 Å². The molecule has 2 aromatic rings. The van der Waals surface area contributed by atoms with Crippen molar-refractivity contribution in [1.29, 1.82) is 0 Å². The number of nitrogens with zero attached hydrogens (tertiary/aromatic N) is 2. The van der Waals surface area contributed by atoms with Crippen LogP contribution in [0, 0.1) is 0 Å². The zero-order valence-electron chi connectivity index (χ0n) is 10.2. The van der Waals surface area contributed by atoms with Gasteiger partial charge in [-0.2, -0.15) is 18.3 Å². The summed E-state index contributed by atoms with van der Waals surface area (Å²) in [6.45, 7) is 0. The highest BCUT2D eigenvalue weighted by Crippen LogP contribution is 2.36. The summed E-state index contributed by atoms with van der Waals surface area (Å²) in [5.41, 5.74) is -0.972. The van der Waals surface area contributed by atoms with Crippen molar-refractivity contribution < 1.29 is 17.9 Å². The Bertz CT molecular complexity index is 626. The normalized spacial score (nSPS) is 11.7. The quantitative estimate of drug-likeness (QED) is 0.787. The lowest BCUT2D eigenvalue weighted by Gasteiger charge is -2.05. The van der Waals surface area contributed by atoms with Crippen LogP contribution < -0.4 is 4.74 Å². The second kappa shape index (κ2) is 5.54. The highest BCUT2D eigenvalue weighted by Gasteiger charge is 2.38. The molecule has 2 rings (SSSR count). The van der Waals surface area contributed by atoms with Crippen LogP contribution in [0.4, 0.5) is 13.2 Å². The number of aromatic nitrogens is 2. The Morgan fingerprint density at radius 1 is 1.35 bits per heavy atom. The first kappa shape index (κ1) is 15.0. The zero-order valence-corrected chi connectivity index (χ0v) is 11.7. The minimum atomic E-state index is -4.61. The number of hydrogen-bond donors (Lipinski definition) is 0. The van der Waals surface area contributed by atoms with E-state index in [1.807, 2.05) is 0 Å². The standard InChI is InChI=1S/C12H9Cl2F3N2O/c1-20-8-4-2-3-7(5-8)19-11(14)9(6-13)10(18-19)12(15,16)17/h2-5H,6H2,1H3. The van der Waals surface area contributed by atoms with E-state index in [4.69, 9.17) is 27.9 Å². The van der Waals surface area contributed by atoms with E-state index in [9.17, 15) is 13.2 Å². The first-order valence-electron chi connectivity index (χ1n) is 5.43. The van der Waals surface area contributed by atoms with Crippen molar-refractivity contribution in [2.24, 2.45) is 0 Å². The Labute approximate surface area is 122 Å². The molecule has 0 spiro atoms. The van der Waals surface area contributed by atoms with Crippen LogP contribution in [-0.2, 0) is 12.1 Å². The van der Waals surface area contributed by atoms with Crippen molar-refractivity contribution in [3.05, 3.63) is 40.7 Å². The lowest BCUT2D eigenvalue weighted by Crippen LogP contribution is -2.09. The third-order valence-corrected chi connectivity index (χ3v) is 3.28. The molecule has 0 aliphatic heterocycles. The average Bonchev–Trinajstić information content (AvgIpc) is 2.75. The van der Waals surface area contributed by atoms with Crippen molar-refractivity contribution in [3.8, 4) is 11.4 Å². The van der Waals surface area contributed by atoms with Gasteiger partial charge < -0.3 is 4.74 Å². The summed E-state index contributed by atoms with van der Waals surface area (Å²) in [6, 6.07) is 6.38. The molecule has 1 aromatic heterocycles. The van der Waals surface area contributed by atoms with Gasteiger partial charge in [0, 0.05) is 11.6 Å². The van der Waals surface area contributed by atoms with E-state index in [0.29, 0.717) is 11.4 Å². The third-order valence-electron chi connectivity index (χ3n) is 2.62. The van der Waals surface area contributed by atoms with Crippen LogP contribution in [-0.4, -0.2) is 16.9 Å². The predicted octanol–water partition coefficient (Wildman–Crippen LogP) is 4.29. The number of benzene rings is 1. The van der Waals surface area contributed by atoms with Gasteiger partial charge >= 0.3 is 6.18 Å². The predicted molar refractivity (Wildman–Crippen MR) is 69.7 cm³/mol. The Kier molecular flexibility index (Phi) is 4.15. The van der Waals surface area contributed by atoms with Crippen molar-refractivity contribution >= 4 is 23.2 Å². The number of alkyl halides is 4. The highest BCUT2D eigenvalue weighted by atomic mass is 35.5. The van der Waals surface area contributed by atoms with E-state index in [1.165, 1.54) is 13.2 Å². The SMILES string of the molecule is COc1cccc(-n2nc(C(F)(F)F)c(CCl)c2Cl)c1. The molecule has 0 atom stereocenters. The van der Waals surface area contributed by atoms with Gasteiger partial charge in [0.15, 0.2) is 5.69 Å². The Morgan fingerprint density at radius 2 is 2.05 bits per heavy atom. The Balaban J connectivity index is 2.60. The molecule has 0 amide bonds. The number of hydrogen-bond acceptors (Lipinski definition) is 2. The van der Waals surface area contributed by atoms with Gasteiger partial charge in [0.1, 0.15) is 10.9 Å². The van der Waals surface area contributed by atoms with Crippen molar-refractivity contribution in [3.63, 3.8) is 0 Å². The fourth-order valence-corrected chi connectivity index (χ4v) is 2.30. The summed E-state index contributed by atoms with van der Waals surface area (Å²) < 4.78 is 44.6. The van der Waals surface area contributed by atoms with Gasteiger partial charge in [-0.05, 0) is 12.1 Å². The zero-order chi connectivity index (χ0) is 14.9. The van der Waals surface area contributed by atoms with E-state index in [1.54, 1.807) is 18.2 Å². The number of ether oxygens (including phenoxy) is 1. The van der Waals surface area contributed by atoms with Crippen LogP contribution in [0.5, 0.6) is 5.75 Å². The van der Waals surface area contributed by atoms with Crippen LogP contribution >= 0.6 is 23.2 Å². The molecule has 0 fully saturated rings. The fraction of sp³-hybridized carbons (Fsp3) is 0.250. The monoisotopic (exact) mass is 324 g/mol. The van der Waals surface area contributed by atoms with E-state index < -0.39 is 11.9 Å². The van der Waals surface area contributed by atoms with Gasteiger partial charge in [0.05, 0.1) is 18.7 Å². The van der Waals surface area contributed by atoms with Crippen LogP contribution in [0.1, 0.15) is 11.3 Å². The van der Waals surface area contributed by atoms with Gasteiger partial charge in [-0.1, -0.05) is 17.7 Å². The second-order valence-electron chi connectivity index (χ2n) is 3.86. The molecule has 0 saturated heterocycles. The molecule has 0 saturated carbocycles. The van der Waals surface area contributed by atoms with Crippen molar-refractivity contribution in [2.45, 2.75) is 12.1 Å². The lowest BCUT2D eigenvalue weighted by molar-refractivity contribution is -0.141. The summed E-state index contributed by atoms with van der Waals surface area (Å²) in [5.74, 6) is 0.104. The van der Waals surface area contributed by atoms with Gasteiger partial charge in [0.2, 0.25) is 0 Å². The van der Waals surface area contributed by atoms with Gasteiger partial charge in [-0.3, -0.25) is 0 Å². The smallest absolute Gasteiger partial charge is 0.435 e. The van der Waals surface area contributed by atoms with E-state index in [-0.39, 0.29) is 16.6 Å². The van der Waals surface area contributed by atoms with Crippen LogP contribution in [0.15, 0.2) is 24.3 Å². The Hall–Kier alpha value is -1.40. The molecule has 0 aliphatic carbocycles. The molecule has 0 aliphatic rings. The molecule has 20 heavy (non-hydrogen) atoms. The summed E-state index contributed by atoms with van der Waals surface area (Å²) in [4.78, 5) is 0. The van der Waals surface area contributed by atoms with E-state index >= 15 is 0 Å². The van der Waals surface area contributed by atoms with Crippen LogP contribution in [0.3, 0.4) is 0 Å². The molecule has 1 aromatic carbocycles. The highest BCUT2D eigenvalue weighted by molar-refractivity contribution is 6.31. The fourth-order valence-electron chi connectivity index (χ4n) is 1.69. The van der Waals surface area contributed by atoms with Crippen LogP contribution in [0.2, 0.25) is 5.15 Å². The molecule has 108 valence electrons. The Morgan fingerprint density at radius 3 is 2.55 bits per heavy atom. The maximum absolute atomic E-state index is 12.9. The third kappa shape index (κ3) is 2.71. The average molecular weight is 325 g/mol. The van der Waals surface area contributed by atoms with Crippen molar-refractivity contribution in [1.82, 2.24) is 9.78 Å². The van der Waals surface area contributed by atoms with E-state index in [2.05, 4.69) is 5.10 Å². The summed E-state index contributed by atoms with van der Waals surface area (Å²) in [7, 11) is 1.45. The summed E-state index contributed by atoms with van der Waals surface area (Å²) in [6.07, 6.45) is -4.61. The number of halogens is 5. The first-order valence-corrected chi connectivity index (χ1v) is 6.34. The molecule has 1 heterocycles.